The topological polar surface area (TPSA) is 60.5 Å². The Kier molecular flexibility index (Phi) is 5.00. The number of benzene rings is 1. The smallest absolute Gasteiger partial charge is 0.257 e. The zero-order valence-corrected chi connectivity index (χ0v) is 12.5. The lowest BCUT2D eigenvalue weighted by molar-refractivity contribution is 0.102. The predicted molar refractivity (Wildman–Crippen MR) is 81.4 cm³/mol. The summed E-state index contributed by atoms with van der Waals surface area (Å²) in [5.41, 5.74) is 1.03. The van der Waals surface area contributed by atoms with Gasteiger partial charge in [-0.05, 0) is 31.2 Å². The van der Waals surface area contributed by atoms with Crippen LogP contribution in [0.1, 0.15) is 17.3 Å². The van der Waals surface area contributed by atoms with Crippen LogP contribution in [0.5, 0.6) is 11.5 Å². The Balaban J connectivity index is 2.15. The summed E-state index contributed by atoms with van der Waals surface area (Å²) >= 11 is 5.69. The highest BCUT2D eigenvalue weighted by molar-refractivity contribution is 6.29. The van der Waals surface area contributed by atoms with Crippen LogP contribution in [0.2, 0.25) is 5.15 Å². The molecule has 1 aromatic carbocycles. The molecule has 0 radical (unpaired) electrons. The quantitative estimate of drug-likeness (QED) is 0.860. The van der Waals surface area contributed by atoms with Gasteiger partial charge in [0, 0.05) is 18.0 Å². The van der Waals surface area contributed by atoms with Crippen molar-refractivity contribution in [1.29, 1.82) is 0 Å². The van der Waals surface area contributed by atoms with E-state index < -0.39 is 0 Å². The summed E-state index contributed by atoms with van der Waals surface area (Å²) in [7, 11) is 1.55. The first-order chi connectivity index (χ1) is 10.1. The van der Waals surface area contributed by atoms with Gasteiger partial charge in [0.25, 0.3) is 5.91 Å². The highest BCUT2D eigenvalue weighted by Gasteiger charge is 2.09. The zero-order valence-electron chi connectivity index (χ0n) is 11.7. The number of methoxy groups -OCH3 is 1. The van der Waals surface area contributed by atoms with Crippen molar-refractivity contribution in [3.63, 3.8) is 0 Å². The van der Waals surface area contributed by atoms with E-state index >= 15 is 0 Å². The van der Waals surface area contributed by atoms with Gasteiger partial charge in [0.2, 0.25) is 0 Å². The molecule has 1 amide bonds. The fourth-order valence-electron chi connectivity index (χ4n) is 1.73. The minimum atomic E-state index is -0.273. The van der Waals surface area contributed by atoms with Crippen molar-refractivity contribution in [2.75, 3.05) is 19.0 Å². The lowest BCUT2D eigenvalue weighted by Gasteiger charge is -2.11. The summed E-state index contributed by atoms with van der Waals surface area (Å²) in [6.45, 7) is 2.43. The molecule has 2 aromatic rings. The van der Waals surface area contributed by atoms with Crippen molar-refractivity contribution in [2.45, 2.75) is 6.92 Å². The second kappa shape index (κ2) is 6.95. The first-order valence-electron chi connectivity index (χ1n) is 6.37. The Hall–Kier alpha value is -2.27. The van der Waals surface area contributed by atoms with Crippen molar-refractivity contribution in [3.8, 4) is 11.5 Å². The molecule has 0 atom stereocenters. The van der Waals surface area contributed by atoms with E-state index in [0.29, 0.717) is 34.5 Å². The Morgan fingerprint density at radius 1 is 1.29 bits per heavy atom. The lowest BCUT2D eigenvalue weighted by atomic mass is 10.2. The monoisotopic (exact) mass is 306 g/mol. The summed E-state index contributed by atoms with van der Waals surface area (Å²) in [6, 6.07) is 8.37. The van der Waals surface area contributed by atoms with Crippen molar-refractivity contribution >= 4 is 23.2 Å². The van der Waals surface area contributed by atoms with Crippen LogP contribution in [0.3, 0.4) is 0 Å². The number of hydrogen-bond acceptors (Lipinski definition) is 4. The molecule has 0 fully saturated rings. The molecule has 6 heteroatoms. The third-order valence-electron chi connectivity index (χ3n) is 2.71. The predicted octanol–water partition coefficient (Wildman–Crippen LogP) is 3.39. The number of pyridine rings is 1. The molecule has 1 N–H and O–H groups in total. The number of nitrogens with one attached hydrogen (secondary N) is 1. The summed E-state index contributed by atoms with van der Waals surface area (Å²) < 4.78 is 10.7. The third-order valence-corrected chi connectivity index (χ3v) is 2.93. The van der Waals surface area contributed by atoms with Crippen LogP contribution in [-0.2, 0) is 0 Å². The second-order valence-electron chi connectivity index (χ2n) is 4.12. The van der Waals surface area contributed by atoms with Crippen LogP contribution in [0.15, 0.2) is 36.5 Å². The first-order valence-corrected chi connectivity index (χ1v) is 6.75. The second-order valence-corrected chi connectivity index (χ2v) is 4.51. The average molecular weight is 307 g/mol. The Bertz CT molecular complexity index is 629. The van der Waals surface area contributed by atoms with Crippen LogP contribution in [0.4, 0.5) is 5.69 Å². The average Bonchev–Trinajstić information content (AvgIpc) is 2.49. The summed E-state index contributed by atoms with van der Waals surface area (Å²) in [5.74, 6) is 0.917. The Morgan fingerprint density at radius 3 is 2.71 bits per heavy atom. The molecular formula is C15H15ClN2O3. The summed E-state index contributed by atoms with van der Waals surface area (Å²) in [5, 5.41) is 3.11. The minimum absolute atomic E-state index is 0.273. The molecule has 21 heavy (non-hydrogen) atoms. The minimum Gasteiger partial charge on any atom is -0.493 e. The highest BCUT2D eigenvalue weighted by Crippen LogP contribution is 2.30. The number of anilines is 1. The number of nitrogens with zero attached hydrogens (tertiary/aromatic N) is 1. The van der Waals surface area contributed by atoms with Gasteiger partial charge < -0.3 is 14.8 Å². The number of carbonyl (C=O) groups excluding carboxylic acids is 1. The normalized spacial score (nSPS) is 10.0. The first kappa shape index (κ1) is 15.1. The van der Waals surface area contributed by atoms with Gasteiger partial charge in [0.1, 0.15) is 5.15 Å². The van der Waals surface area contributed by atoms with Gasteiger partial charge in [-0.15, -0.1) is 0 Å². The molecule has 0 unspecified atom stereocenters. The largest absolute Gasteiger partial charge is 0.493 e. The van der Waals surface area contributed by atoms with Crippen LogP contribution < -0.4 is 14.8 Å². The molecule has 0 aliphatic rings. The van der Waals surface area contributed by atoms with E-state index in [1.807, 2.05) is 6.92 Å². The van der Waals surface area contributed by atoms with Gasteiger partial charge in [-0.3, -0.25) is 4.79 Å². The number of carbonyl (C=O) groups is 1. The SMILES string of the molecule is CCOc1ccc(NC(=O)c2ccc(Cl)nc2)cc1OC. The van der Waals surface area contributed by atoms with Gasteiger partial charge in [-0.25, -0.2) is 4.98 Å². The fourth-order valence-corrected chi connectivity index (χ4v) is 1.85. The molecular weight excluding hydrogens is 292 g/mol. The van der Waals surface area contributed by atoms with E-state index in [9.17, 15) is 4.79 Å². The van der Waals surface area contributed by atoms with Gasteiger partial charge in [0.05, 0.1) is 19.3 Å². The maximum atomic E-state index is 12.1. The highest BCUT2D eigenvalue weighted by atomic mass is 35.5. The molecule has 0 saturated heterocycles. The molecule has 110 valence electrons. The standard InChI is InChI=1S/C15H15ClN2O3/c1-3-21-12-6-5-11(8-13(12)20-2)18-15(19)10-4-7-14(16)17-9-10/h4-9H,3H2,1-2H3,(H,18,19). The van der Waals surface area contributed by atoms with Gasteiger partial charge in [-0.1, -0.05) is 11.6 Å². The summed E-state index contributed by atoms with van der Waals surface area (Å²) in [4.78, 5) is 15.9. The Morgan fingerprint density at radius 2 is 2.10 bits per heavy atom. The number of amides is 1. The molecule has 1 aromatic heterocycles. The molecule has 0 bridgehead atoms. The van der Waals surface area contributed by atoms with Crippen LogP contribution in [0, 0.1) is 0 Å². The third kappa shape index (κ3) is 3.86. The summed E-state index contributed by atoms with van der Waals surface area (Å²) in [6.07, 6.45) is 1.42. The van der Waals surface area contributed by atoms with Gasteiger partial charge >= 0.3 is 0 Å². The van der Waals surface area contributed by atoms with Crippen LogP contribution in [0.25, 0.3) is 0 Å². The molecule has 0 saturated carbocycles. The van der Waals surface area contributed by atoms with Crippen molar-refractivity contribution in [1.82, 2.24) is 4.98 Å². The Labute approximate surface area is 127 Å². The van der Waals surface area contributed by atoms with Crippen molar-refractivity contribution < 1.29 is 14.3 Å². The molecule has 5 nitrogen and oxygen atoms in total. The van der Waals surface area contributed by atoms with Crippen molar-refractivity contribution in [2.24, 2.45) is 0 Å². The lowest BCUT2D eigenvalue weighted by Crippen LogP contribution is -2.12. The van der Waals surface area contributed by atoms with E-state index in [-0.39, 0.29) is 5.91 Å². The van der Waals surface area contributed by atoms with Crippen molar-refractivity contribution in [3.05, 3.63) is 47.2 Å². The van der Waals surface area contributed by atoms with E-state index in [4.69, 9.17) is 21.1 Å². The molecule has 1 heterocycles. The van der Waals surface area contributed by atoms with Crippen LogP contribution in [-0.4, -0.2) is 24.6 Å². The number of rotatable bonds is 5. The zero-order chi connectivity index (χ0) is 15.2. The number of aromatic nitrogens is 1. The van der Waals surface area contributed by atoms with E-state index in [2.05, 4.69) is 10.3 Å². The molecule has 2 rings (SSSR count). The van der Waals surface area contributed by atoms with Gasteiger partial charge in [-0.2, -0.15) is 0 Å². The van der Waals surface area contributed by atoms with E-state index in [0.717, 1.165) is 0 Å². The molecule has 0 aliphatic heterocycles. The number of halogens is 1. The fraction of sp³-hybridized carbons (Fsp3) is 0.200. The maximum Gasteiger partial charge on any atom is 0.257 e. The van der Waals surface area contributed by atoms with E-state index in [1.54, 1.807) is 37.4 Å². The van der Waals surface area contributed by atoms with Gasteiger partial charge in [0.15, 0.2) is 11.5 Å². The molecule has 0 aliphatic carbocycles. The van der Waals surface area contributed by atoms with Crippen LogP contribution >= 0.6 is 11.6 Å². The molecule has 0 spiro atoms. The number of hydrogen-bond donors (Lipinski definition) is 1. The van der Waals surface area contributed by atoms with E-state index in [1.165, 1.54) is 6.20 Å². The maximum absolute atomic E-state index is 12.1. The number of ether oxygens (including phenoxy) is 2.